The van der Waals surface area contributed by atoms with E-state index in [2.05, 4.69) is 157 Å². The van der Waals surface area contributed by atoms with Crippen molar-refractivity contribution in [2.45, 2.75) is 0 Å². The Balaban J connectivity index is 1.41. The largest absolute Gasteiger partial charge is 0.309 e. The van der Waals surface area contributed by atoms with E-state index in [1.807, 2.05) is 22.7 Å². The maximum Gasteiger partial charge on any atom is 0.0555 e. The Labute approximate surface area is 257 Å². The summed E-state index contributed by atoms with van der Waals surface area (Å²) in [6, 6.07) is 55.4. The van der Waals surface area contributed by atoms with E-state index in [9.17, 15) is 0 Å². The van der Waals surface area contributed by atoms with Crippen LogP contribution in [-0.2, 0) is 0 Å². The van der Waals surface area contributed by atoms with Gasteiger partial charge in [-0.1, -0.05) is 109 Å². The lowest BCUT2D eigenvalue weighted by molar-refractivity contribution is 1.32. The molecule has 43 heavy (non-hydrogen) atoms. The molecule has 202 valence electrons. The number of rotatable bonds is 4. The van der Waals surface area contributed by atoms with Gasteiger partial charge in [0.05, 0.1) is 17.1 Å². The molecule has 0 N–H and O–H groups in total. The number of thiophene rings is 2. The van der Waals surface area contributed by atoms with Crippen LogP contribution in [0.4, 0.5) is 17.1 Å². The van der Waals surface area contributed by atoms with Crippen LogP contribution in [-0.4, -0.2) is 0 Å². The Bertz CT molecular complexity index is 2480. The lowest BCUT2D eigenvalue weighted by atomic mass is 9.96. The van der Waals surface area contributed by atoms with Crippen LogP contribution < -0.4 is 4.90 Å². The molecule has 2 aromatic heterocycles. The quantitative estimate of drug-likeness (QED) is 0.199. The molecule has 0 saturated carbocycles. The molecule has 0 aliphatic heterocycles. The van der Waals surface area contributed by atoms with Gasteiger partial charge in [0.15, 0.2) is 0 Å². The number of para-hydroxylation sites is 1. The van der Waals surface area contributed by atoms with Crippen molar-refractivity contribution in [3.63, 3.8) is 0 Å². The molecule has 2 heterocycles. The summed E-state index contributed by atoms with van der Waals surface area (Å²) in [7, 11) is 0. The van der Waals surface area contributed by atoms with E-state index in [1.54, 1.807) is 0 Å². The number of benzene rings is 7. The Morgan fingerprint density at radius 3 is 1.63 bits per heavy atom. The van der Waals surface area contributed by atoms with Crippen LogP contribution in [0.1, 0.15) is 0 Å². The van der Waals surface area contributed by atoms with Crippen molar-refractivity contribution in [1.29, 1.82) is 0 Å². The third-order valence-corrected chi connectivity index (χ3v) is 10.7. The molecule has 7 aromatic carbocycles. The van der Waals surface area contributed by atoms with E-state index >= 15 is 0 Å². The SMILES string of the molecule is c1ccc(N(c2cccc3ccccc23)c2cccc3sc4ccccc4c23)c(-c2cccc3sc4ccccc4c23)c1. The summed E-state index contributed by atoms with van der Waals surface area (Å²) in [5.41, 5.74) is 6.03. The van der Waals surface area contributed by atoms with E-state index in [4.69, 9.17) is 0 Å². The fraction of sp³-hybridized carbons (Fsp3) is 0. The van der Waals surface area contributed by atoms with E-state index < -0.39 is 0 Å². The molecule has 0 fully saturated rings. The van der Waals surface area contributed by atoms with Crippen molar-refractivity contribution < 1.29 is 0 Å². The molecule has 0 unspecified atom stereocenters. The van der Waals surface area contributed by atoms with Crippen LogP contribution in [0.3, 0.4) is 0 Å². The van der Waals surface area contributed by atoms with Gasteiger partial charge in [0, 0.05) is 51.3 Å². The molecule has 0 aliphatic carbocycles. The Morgan fingerprint density at radius 1 is 0.326 bits per heavy atom. The second-order valence-electron chi connectivity index (χ2n) is 10.9. The highest BCUT2D eigenvalue weighted by Gasteiger charge is 2.23. The molecular weight excluding hydrogens is 559 g/mol. The van der Waals surface area contributed by atoms with Crippen molar-refractivity contribution in [2.24, 2.45) is 0 Å². The highest BCUT2D eigenvalue weighted by molar-refractivity contribution is 7.26. The van der Waals surface area contributed by atoms with Crippen LogP contribution >= 0.6 is 22.7 Å². The second-order valence-corrected chi connectivity index (χ2v) is 13.0. The summed E-state index contributed by atoms with van der Waals surface area (Å²) in [6.45, 7) is 0. The lowest BCUT2D eigenvalue weighted by Gasteiger charge is -2.30. The normalized spacial score (nSPS) is 11.7. The van der Waals surface area contributed by atoms with E-state index in [0.717, 1.165) is 0 Å². The number of hydrogen-bond donors (Lipinski definition) is 0. The average molecular weight is 584 g/mol. The molecule has 0 aliphatic rings. The van der Waals surface area contributed by atoms with E-state index in [1.165, 1.54) is 79.3 Å². The number of fused-ring (bicyclic) bond motifs is 7. The van der Waals surface area contributed by atoms with Crippen molar-refractivity contribution in [3.8, 4) is 11.1 Å². The standard InChI is InChI=1S/C40H25NS2/c1-2-14-27-26(12-1)13-9-20-32(27)41(34-21-11-25-38-40(34)31-17-5-8-23-36(31)43-38)33-19-6-3-15-28(33)29-18-10-24-37-39(29)30-16-4-7-22-35(30)42-37/h1-25H. The summed E-state index contributed by atoms with van der Waals surface area (Å²) in [5, 5.41) is 7.70. The highest BCUT2D eigenvalue weighted by Crippen LogP contribution is 2.50. The highest BCUT2D eigenvalue weighted by atomic mass is 32.1. The van der Waals surface area contributed by atoms with Crippen molar-refractivity contribution in [2.75, 3.05) is 4.90 Å². The summed E-state index contributed by atoms with van der Waals surface area (Å²) in [4.78, 5) is 2.51. The third-order valence-electron chi connectivity index (χ3n) is 8.47. The summed E-state index contributed by atoms with van der Waals surface area (Å²) < 4.78 is 5.25. The fourth-order valence-corrected chi connectivity index (χ4v) is 8.89. The van der Waals surface area contributed by atoms with Gasteiger partial charge in [0.1, 0.15) is 0 Å². The molecular formula is C40H25NS2. The minimum Gasteiger partial charge on any atom is -0.309 e. The maximum absolute atomic E-state index is 2.51. The van der Waals surface area contributed by atoms with Gasteiger partial charge in [-0.25, -0.2) is 0 Å². The van der Waals surface area contributed by atoms with Gasteiger partial charge < -0.3 is 4.90 Å². The zero-order valence-corrected chi connectivity index (χ0v) is 24.8. The summed E-state index contributed by atoms with van der Waals surface area (Å²) in [5.74, 6) is 0. The molecule has 0 saturated heterocycles. The van der Waals surface area contributed by atoms with E-state index in [-0.39, 0.29) is 0 Å². The fourth-order valence-electron chi connectivity index (χ4n) is 6.63. The molecule has 0 radical (unpaired) electrons. The molecule has 0 spiro atoms. The number of anilines is 3. The third kappa shape index (κ3) is 3.82. The van der Waals surface area contributed by atoms with Gasteiger partial charge >= 0.3 is 0 Å². The minimum absolute atomic E-state index is 1.17. The van der Waals surface area contributed by atoms with E-state index in [0.29, 0.717) is 0 Å². The predicted octanol–water partition coefficient (Wildman–Crippen LogP) is 12.7. The van der Waals surface area contributed by atoms with Crippen LogP contribution in [0.25, 0.3) is 62.2 Å². The van der Waals surface area contributed by atoms with Gasteiger partial charge in [0.2, 0.25) is 0 Å². The molecule has 9 aromatic rings. The first-order valence-electron chi connectivity index (χ1n) is 14.5. The summed E-state index contributed by atoms with van der Waals surface area (Å²) in [6.07, 6.45) is 0. The first-order chi connectivity index (χ1) is 21.3. The molecule has 3 heteroatoms. The molecule has 1 nitrogen and oxygen atoms in total. The van der Waals surface area contributed by atoms with Gasteiger partial charge in [-0.15, -0.1) is 22.7 Å². The summed E-state index contributed by atoms with van der Waals surface area (Å²) >= 11 is 3.74. The Morgan fingerprint density at radius 2 is 0.814 bits per heavy atom. The number of hydrogen-bond acceptors (Lipinski definition) is 3. The average Bonchev–Trinajstić information content (AvgIpc) is 3.64. The topological polar surface area (TPSA) is 3.24 Å². The lowest BCUT2D eigenvalue weighted by Crippen LogP contribution is -2.12. The smallest absolute Gasteiger partial charge is 0.0555 e. The first kappa shape index (κ1) is 24.6. The Hall–Kier alpha value is -4.96. The van der Waals surface area contributed by atoms with Crippen LogP contribution in [0.5, 0.6) is 0 Å². The number of nitrogens with zero attached hydrogens (tertiary/aromatic N) is 1. The maximum atomic E-state index is 2.51. The van der Waals surface area contributed by atoms with Crippen molar-refractivity contribution in [3.05, 3.63) is 152 Å². The van der Waals surface area contributed by atoms with Crippen LogP contribution in [0, 0.1) is 0 Å². The zero-order chi connectivity index (χ0) is 28.3. The Kier molecular flexibility index (Phi) is 5.62. The second kappa shape index (κ2) is 9.81. The van der Waals surface area contributed by atoms with Crippen LogP contribution in [0.2, 0.25) is 0 Å². The van der Waals surface area contributed by atoms with Crippen LogP contribution in [0.15, 0.2) is 152 Å². The van der Waals surface area contributed by atoms with Gasteiger partial charge in [-0.3, -0.25) is 0 Å². The zero-order valence-electron chi connectivity index (χ0n) is 23.2. The minimum atomic E-state index is 1.17. The van der Waals surface area contributed by atoms with Gasteiger partial charge in [-0.2, -0.15) is 0 Å². The van der Waals surface area contributed by atoms with Gasteiger partial charge in [0.25, 0.3) is 0 Å². The molecule has 0 amide bonds. The van der Waals surface area contributed by atoms with Crippen molar-refractivity contribution >= 4 is 90.9 Å². The molecule has 0 bridgehead atoms. The monoisotopic (exact) mass is 583 g/mol. The predicted molar refractivity (Wildman–Crippen MR) is 190 cm³/mol. The van der Waals surface area contributed by atoms with Gasteiger partial charge in [-0.05, 0) is 53.4 Å². The molecule has 9 rings (SSSR count). The first-order valence-corrected chi connectivity index (χ1v) is 16.2. The van der Waals surface area contributed by atoms with Crippen molar-refractivity contribution in [1.82, 2.24) is 0 Å². The molecule has 0 atom stereocenters.